The predicted molar refractivity (Wildman–Crippen MR) is 68.1 cm³/mol. The predicted octanol–water partition coefficient (Wildman–Crippen LogP) is 1.85. The molecule has 90 valence electrons. The summed E-state index contributed by atoms with van der Waals surface area (Å²) in [6, 6.07) is 5.67. The maximum Gasteiger partial charge on any atom is 0.250 e. The molecule has 0 saturated heterocycles. The SMILES string of the molecule is CCC(CCCl)NCCn1ccccc1=O. The van der Waals surface area contributed by atoms with Crippen LogP contribution in [0, 0.1) is 0 Å². The van der Waals surface area contributed by atoms with Crippen molar-refractivity contribution in [1.29, 1.82) is 0 Å². The van der Waals surface area contributed by atoms with E-state index in [-0.39, 0.29) is 5.56 Å². The minimum Gasteiger partial charge on any atom is -0.314 e. The van der Waals surface area contributed by atoms with Crippen LogP contribution in [-0.4, -0.2) is 23.0 Å². The molecule has 3 nitrogen and oxygen atoms in total. The molecule has 16 heavy (non-hydrogen) atoms. The number of hydrogen-bond acceptors (Lipinski definition) is 2. The lowest BCUT2D eigenvalue weighted by Crippen LogP contribution is -2.33. The zero-order valence-corrected chi connectivity index (χ0v) is 10.4. The summed E-state index contributed by atoms with van der Waals surface area (Å²) in [5.41, 5.74) is 0.0506. The fourth-order valence-corrected chi connectivity index (χ4v) is 1.88. The number of halogens is 1. The summed E-state index contributed by atoms with van der Waals surface area (Å²) >= 11 is 5.70. The van der Waals surface area contributed by atoms with Crippen molar-refractivity contribution in [3.63, 3.8) is 0 Å². The summed E-state index contributed by atoms with van der Waals surface area (Å²) in [5, 5.41) is 3.40. The van der Waals surface area contributed by atoms with E-state index < -0.39 is 0 Å². The van der Waals surface area contributed by atoms with Gasteiger partial charge in [0.05, 0.1) is 0 Å². The molecular formula is C12H19ClN2O. The van der Waals surface area contributed by atoms with Crippen molar-refractivity contribution in [2.75, 3.05) is 12.4 Å². The number of nitrogens with one attached hydrogen (secondary N) is 1. The molecule has 0 radical (unpaired) electrons. The molecule has 1 N–H and O–H groups in total. The zero-order valence-electron chi connectivity index (χ0n) is 9.66. The first-order valence-corrected chi connectivity index (χ1v) is 6.26. The highest BCUT2D eigenvalue weighted by Crippen LogP contribution is 1.98. The van der Waals surface area contributed by atoms with Crippen LogP contribution in [0.1, 0.15) is 19.8 Å². The molecule has 0 aliphatic carbocycles. The highest BCUT2D eigenvalue weighted by atomic mass is 35.5. The highest BCUT2D eigenvalue weighted by molar-refractivity contribution is 6.17. The van der Waals surface area contributed by atoms with E-state index in [1.165, 1.54) is 0 Å². The van der Waals surface area contributed by atoms with Crippen LogP contribution >= 0.6 is 11.6 Å². The lowest BCUT2D eigenvalue weighted by Gasteiger charge is -2.15. The van der Waals surface area contributed by atoms with E-state index in [0.29, 0.717) is 18.5 Å². The van der Waals surface area contributed by atoms with Gasteiger partial charge in [0, 0.05) is 37.3 Å². The topological polar surface area (TPSA) is 34.0 Å². The molecule has 0 aliphatic heterocycles. The van der Waals surface area contributed by atoms with E-state index in [1.807, 2.05) is 12.3 Å². The monoisotopic (exact) mass is 242 g/mol. The Kier molecular flexibility index (Phi) is 6.19. The number of aromatic nitrogens is 1. The van der Waals surface area contributed by atoms with Crippen molar-refractivity contribution >= 4 is 11.6 Å². The summed E-state index contributed by atoms with van der Waals surface area (Å²) < 4.78 is 1.71. The molecule has 4 heteroatoms. The van der Waals surface area contributed by atoms with Crippen molar-refractivity contribution in [1.82, 2.24) is 9.88 Å². The lowest BCUT2D eigenvalue weighted by molar-refractivity contribution is 0.464. The van der Waals surface area contributed by atoms with Crippen LogP contribution in [0.25, 0.3) is 0 Å². The van der Waals surface area contributed by atoms with E-state index in [4.69, 9.17) is 11.6 Å². The molecule has 0 aliphatic rings. The van der Waals surface area contributed by atoms with Gasteiger partial charge in [-0.2, -0.15) is 0 Å². The standard InChI is InChI=1S/C12H19ClN2O/c1-2-11(6-7-13)14-8-10-15-9-4-3-5-12(15)16/h3-5,9,11,14H,2,6-8,10H2,1H3. The van der Waals surface area contributed by atoms with Crippen LogP contribution in [-0.2, 0) is 6.54 Å². The minimum absolute atomic E-state index is 0.0506. The third-order valence-corrected chi connectivity index (χ3v) is 2.85. The number of nitrogens with zero attached hydrogens (tertiary/aromatic N) is 1. The number of pyridine rings is 1. The second kappa shape index (κ2) is 7.47. The Morgan fingerprint density at radius 3 is 2.94 bits per heavy atom. The molecule has 1 rings (SSSR count). The van der Waals surface area contributed by atoms with Gasteiger partial charge in [-0.05, 0) is 18.9 Å². The van der Waals surface area contributed by atoms with E-state index in [9.17, 15) is 4.79 Å². The van der Waals surface area contributed by atoms with Crippen LogP contribution in [0.5, 0.6) is 0 Å². The summed E-state index contributed by atoms with van der Waals surface area (Å²) in [4.78, 5) is 11.4. The molecule has 0 saturated carbocycles. The third kappa shape index (κ3) is 4.37. The van der Waals surface area contributed by atoms with Gasteiger partial charge in [-0.1, -0.05) is 13.0 Å². The first-order valence-electron chi connectivity index (χ1n) is 5.72. The van der Waals surface area contributed by atoms with Crippen molar-refractivity contribution in [2.24, 2.45) is 0 Å². The molecule has 0 amide bonds. The summed E-state index contributed by atoms with van der Waals surface area (Å²) in [6.07, 6.45) is 3.85. The maximum absolute atomic E-state index is 11.4. The lowest BCUT2D eigenvalue weighted by atomic mass is 10.2. The molecule has 1 atom stereocenters. The molecule has 1 aromatic rings. The fourth-order valence-electron chi connectivity index (χ4n) is 1.62. The van der Waals surface area contributed by atoms with Crippen LogP contribution < -0.4 is 10.9 Å². The fraction of sp³-hybridized carbons (Fsp3) is 0.583. The average Bonchev–Trinajstić information content (AvgIpc) is 2.30. The van der Waals surface area contributed by atoms with Gasteiger partial charge < -0.3 is 9.88 Å². The molecule has 0 fully saturated rings. The average molecular weight is 243 g/mol. The third-order valence-electron chi connectivity index (χ3n) is 2.64. The van der Waals surface area contributed by atoms with E-state index in [0.717, 1.165) is 19.4 Å². The Morgan fingerprint density at radius 2 is 2.31 bits per heavy atom. The van der Waals surface area contributed by atoms with Crippen LogP contribution in [0.15, 0.2) is 29.2 Å². The highest BCUT2D eigenvalue weighted by Gasteiger charge is 2.03. The first kappa shape index (κ1) is 13.3. The Morgan fingerprint density at radius 1 is 1.50 bits per heavy atom. The van der Waals surface area contributed by atoms with Crippen molar-refractivity contribution in [3.8, 4) is 0 Å². The first-order chi connectivity index (χ1) is 7.77. The van der Waals surface area contributed by atoms with Gasteiger partial charge in [0.2, 0.25) is 0 Å². The maximum atomic E-state index is 11.4. The van der Waals surface area contributed by atoms with Crippen molar-refractivity contribution in [2.45, 2.75) is 32.4 Å². The zero-order chi connectivity index (χ0) is 11.8. The van der Waals surface area contributed by atoms with E-state index in [2.05, 4.69) is 12.2 Å². The van der Waals surface area contributed by atoms with Crippen LogP contribution in [0.2, 0.25) is 0 Å². The Bertz CT molecular complexity index is 351. The molecule has 1 heterocycles. The van der Waals surface area contributed by atoms with Gasteiger partial charge in [-0.3, -0.25) is 4.79 Å². The Hall–Kier alpha value is -0.800. The van der Waals surface area contributed by atoms with E-state index >= 15 is 0 Å². The van der Waals surface area contributed by atoms with Gasteiger partial charge in [0.25, 0.3) is 5.56 Å². The minimum atomic E-state index is 0.0506. The summed E-state index contributed by atoms with van der Waals surface area (Å²) in [7, 11) is 0. The molecule has 0 spiro atoms. The van der Waals surface area contributed by atoms with Gasteiger partial charge in [-0.15, -0.1) is 11.6 Å². The van der Waals surface area contributed by atoms with Crippen LogP contribution in [0.4, 0.5) is 0 Å². The van der Waals surface area contributed by atoms with Crippen molar-refractivity contribution in [3.05, 3.63) is 34.7 Å². The van der Waals surface area contributed by atoms with E-state index in [1.54, 1.807) is 16.7 Å². The Balaban J connectivity index is 2.35. The smallest absolute Gasteiger partial charge is 0.250 e. The van der Waals surface area contributed by atoms with Gasteiger partial charge in [-0.25, -0.2) is 0 Å². The molecule has 1 unspecified atom stereocenters. The molecule has 0 aromatic carbocycles. The quantitative estimate of drug-likeness (QED) is 0.741. The largest absolute Gasteiger partial charge is 0.314 e. The normalized spacial score (nSPS) is 12.6. The Labute approximate surface area is 101 Å². The number of hydrogen-bond donors (Lipinski definition) is 1. The van der Waals surface area contributed by atoms with Crippen molar-refractivity contribution < 1.29 is 0 Å². The van der Waals surface area contributed by atoms with Crippen LogP contribution in [0.3, 0.4) is 0 Å². The van der Waals surface area contributed by atoms with Gasteiger partial charge in [0.1, 0.15) is 0 Å². The molecule has 1 aromatic heterocycles. The van der Waals surface area contributed by atoms with Gasteiger partial charge in [0.15, 0.2) is 0 Å². The van der Waals surface area contributed by atoms with Gasteiger partial charge >= 0.3 is 0 Å². The summed E-state index contributed by atoms with van der Waals surface area (Å²) in [6.45, 7) is 3.65. The molecule has 0 bridgehead atoms. The molecular weight excluding hydrogens is 224 g/mol. The summed E-state index contributed by atoms with van der Waals surface area (Å²) in [5.74, 6) is 0.677. The second-order valence-electron chi connectivity index (χ2n) is 3.77. The number of alkyl halides is 1. The number of rotatable bonds is 7. The second-order valence-corrected chi connectivity index (χ2v) is 4.15.